The maximum absolute atomic E-state index is 11.9. The Morgan fingerprint density at radius 3 is 3.15 bits per heavy atom. The Kier molecular flexibility index (Phi) is 5.35. The summed E-state index contributed by atoms with van der Waals surface area (Å²) in [7, 11) is 0. The third-order valence-corrected chi connectivity index (χ3v) is 3.95. The fraction of sp³-hybridized carbons (Fsp3) is 0.600. The maximum Gasteiger partial charge on any atom is 0.254 e. The van der Waals surface area contributed by atoms with Crippen molar-refractivity contribution < 1.29 is 4.79 Å². The van der Waals surface area contributed by atoms with E-state index < -0.39 is 0 Å². The highest BCUT2D eigenvalue weighted by Gasteiger charge is 2.17. The van der Waals surface area contributed by atoms with Crippen molar-refractivity contribution in [3.05, 3.63) is 24.0 Å². The van der Waals surface area contributed by atoms with Crippen LogP contribution in [0.2, 0.25) is 0 Å². The Morgan fingerprint density at radius 2 is 2.40 bits per heavy atom. The SMILES string of the molecule is CC1CCCCN1CCCNC(=O)c1cnccc1N. The summed E-state index contributed by atoms with van der Waals surface area (Å²) < 4.78 is 0. The van der Waals surface area contributed by atoms with E-state index in [1.807, 2.05) is 0 Å². The predicted octanol–water partition coefficient (Wildman–Crippen LogP) is 1.66. The molecule has 0 aromatic carbocycles. The number of nitrogens with one attached hydrogen (secondary N) is 1. The van der Waals surface area contributed by atoms with Gasteiger partial charge in [0.15, 0.2) is 0 Å². The minimum Gasteiger partial charge on any atom is -0.398 e. The maximum atomic E-state index is 11.9. The molecule has 0 aliphatic carbocycles. The molecule has 2 rings (SSSR count). The molecule has 1 aromatic rings. The van der Waals surface area contributed by atoms with E-state index in [0.29, 0.717) is 23.8 Å². The van der Waals surface area contributed by atoms with Crippen LogP contribution >= 0.6 is 0 Å². The van der Waals surface area contributed by atoms with Gasteiger partial charge in [-0.25, -0.2) is 0 Å². The lowest BCUT2D eigenvalue weighted by Crippen LogP contribution is -2.39. The molecular weight excluding hydrogens is 252 g/mol. The number of carbonyl (C=O) groups is 1. The van der Waals surface area contributed by atoms with Crippen LogP contribution in [0.25, 0.3) is 0 Å². The second kappa shape index (κ2) is 7.24. The quantitative estimate of drug-likeness (QED) is 0.802. The van der Waals surface area contributed by atoms with Gasteiger partial charge in [0.25, 0.3) is 5.91 Å². The number of nitrogens with zero attached hydrogens (tertiary/aromatic N) is 2. The van der Waals surface area contributed by atoms with Crippen LogP contribution in [0.1, 0.15) is 43.0 Å². The number of hydrogen-bond donors (Lipinski definition) is 2. The number of likely N-dealkylation sites (tertiary alicyclic amines) is 1. The Balaban J connectivity index is 1.71. The van der Waals surface area contributed by atoms with E-state index in [1.54, 1.807) is 12.3 Å². The lowest BCUT2D eigenvalue weighted by Gasteiger charge is -2.33. The van der Waals surface area contributed by atoms with Crippen molar-refractivity contribution in [3.8, 4) is 0 Å². The molecule has 1 aliphatic heterocycles. The van der Waals surface area contributed by atoms with E-state index >= 15 is 0 Å². The first kappa shape index (κ1) is 14.8. The fourth-order valence-electron chi connectivity index (χ4n) is 2.66. The molecule has 3 N–H and O–H groups in total. The minimum atomic E-state index is -0.137. The van der Waals surface area contributed by atoms with Crippen molar-refractivity contribution >= 4 is 11.6 Å². The van der Waals surface area contributed by atoms with Gasteiger partial charge in [-0.15, -0.1) is 0 Å². The second-order valence-electron chi connectivity index (χ2n) is 5.45. The van der Waals surface area contributed by atoms with Crippen LogP contribution in [-0.2, 0) is 0 Å². The number of aromatic nitrogens is 1. The van der Waals surface area contributed by atoms with E-state index in [9.17, 15) is 4.79 Å². The highest BCUT2D eigenvalue weighted by molar-refractivity contribution is 5.98. The molecule has 0 saturated carbocycles. The van der Waals surface area contributed by atoms with E-state index in [1.165, 1.54) is 32.0 Å². The molecule has 110 valence electrons. The number of nitrogen functional groups attached to an aromatic ring is 1. The zero-order valence-corrected chi connectivity index (χ0v) is 12.1. The number of pyridine rings is 1. The van der Waals surface area contributed by atoms with Crippen molar-refractivity contribution in [2.24, 2.45) is 0 Å². The van der Waals surface area contributed by atoms with Crippen LogP contribution < -0.4 is 11.1 Å². The average molecular weight is 276 g/mol. The molecule has 20 heavy (non-hydrogen) atoms. The first-order valence-electron chi connectivity index (χ1n) is 7.40. The smallest absolute Gasteiger partial charge is 0.254 e. The molecule has 0 bridgehead atoms. The average Bonchev–Trinajstić information content (AvgIpc) is 2.45. The molecule has 1 fully saturated rings. The molecule has 5 nitrogen and oxygen atoms in total. The summed E-state index contributed by atoms with van der Waals surface area (Å²) >= 11 is 0. The topological polar surface area (TPSA) is 71.2 Å². The van der Waals surface area contributed by atoms with Crippen molar-refractivity contribution in [3.63, 3.8) is 0 Å². The third kappa shape index (κ3) is 3.93. The number of rotatable bonds is 5. The van der Waals surface area contributed by atoms with Gasteiger partial charge in [0.2, 0.25) is 0 Å². The number of hydrogen-bond acceptors (Lipinski definition) is 4. The van der Waals surface area contributed by atoms with Crippen molar-refractivity contribution in [1.29, 1.82) is 0 Å². The van der Waals surface area contributed by atoms with Crippen LogP contribution in [0.5, 0.6) is 0 Å². The minimum absolute atomic E-state index is 0.137. The normalized spacial score (nSPS) is 19.8. The zero-order valence-electron chi connectivity index (χ0n) is 12.1. The predicted molar refractivity (Wildman–Crippen MR) is 80.5 cm³/mol. The summed E-state index contributed by atoms with van der Waals surface area (Å²) in [4.78, 5) is 18.4. The monoisotopic (exact) mass is 276 g/mol. The van der Waals surface area contributed by atoms with Crippen molar-refractivity contribution in [2.45, 2.75) is 38.6 Å². The number of nitrogens with two attached hydrogens (primary N) is 1. The van der Waals surface area contributed by atoms with Crippen LogP contribution in [0, 0.1) is 0 Å². The Bertz CT molecular complexity index is 449. The number of anilines is 1. The van der Waals surface area contributed by atoms with Crippen LogP contribution in [-0.4, -0.2) is 41.5 Å². The standard InChI is InChI=1S/C15H24N4O/c1-12-5-2-3-9-19(12)10-4-7-18-15(20)13-11-17-8-6-14(13)16/h6,8,11-12H,2-5,7,9-10H2,1H3,(H2,16,17)(H,18,20). The van der Waals surface area contributed by atoms with Gasteiger partial charge in [-0.2, -0.15) is 0 Å². The molecule has 1 aliphatic rings. The third-order valence-electron chi connectivity index (χ3n) is 3.95. The van der Waals surface area contributed by atoms with Gasteiger partial charge in [-0.3, -0.25) is 9.78 Å². The zero-order chi connectivity index (χ0) is 14.4. The molecule has 1 unspecified atom stereocenters. The number of carbonyl (C=O) groups excluding carboxylic acids is 1. The summed E-state index contributed by atoms with van der Waals surface area (Å²) in [6.45, 7) is 5.19. The van der Waals surface area contributed by atoms with Crippen molar-refractivity contribution in [1.82, 2.24) is 15.2 Å². The van der Waals surface area contributed by atoms with Crippen LogP contribution in [0.15, 0.2) is 18.5 Å². The molecule has 1 aromatic heterocycles. The first-order valence-corrected chi connectivity index (χ1v) is 7.40. The molecule has 2 heterocycles. The van der Waals surface area contributed by atoms with Gasteiger partial charge in [0.1, 0.15) is 0 Å². The number of piperidine rings is 1. The van der Waals surface area contributed by atoms with Gasteiger partial charge in [-0.05, 0) is 38.8 Å². The Hall–Kier alpha value is -1.62. The van der Waals surface area contributed by atoms with Crippen LogP contribution in [0.3, 0.4) is 0 Å². The van der Waals surface area contributed by atoms with Gasteiger partial charge < -0.3 is 16.0 Å². The largest absolute Gasteiger partial charge is 0.398 e. The molecule has 1 atom stereocenters. The van der Waals surface area contributed by atoms with Gasteiger partial charge >= 0.3 is 0 Å². The summed E-state index contributed by atoms with van der Waals surface area (Å²) in [5.41, 5.74) is 6.68. The lowest BCUT2D eigenvalue weighted by molar-refractivity contribution is 0.0949. The molecule has 0 spiro atoms. The highest BCUT2D eigenvalue weighted by atomic mass is 16.1. The fourth-order valence-corrected chi connectivity index (χ4v) is 2.66. The lowest BCUT2D eigenvalue weighted by atomic mass is 10.0. The van der Waals surface area contributed by atoms with Crippen molar-refractivity contribution in [2.75, 3.05) is 25.4 Å². The van der Waals surface area contributed by atoms with Crippen LogP contribution in [0.4, 0.5) is 5.69 Å². The second-order valence-corrected chi connectivity index (χ2v) is 5.45. The summed E-state index contributed by atoms with van der Waals surface area (Å²) in [5.74, 6) is -0.137. The Labute approximate surface area is 120 Å². The van der Waals surface area contributed by atoms with E-state index in [-0.39, 0.29) is 5.91 Å². The van der Waals surface area contributed by atoms with E-state index in [0.717, 1.165) is 13.0 Å². The number of amides is 1. The van der Waals surface area contributed by atoms with Gasteiger partial charge in [0.05, 0.1) is 5.56 Å². The molecular formula is C15H24N4O. The summed E-state index contributed by atoms with van der Waals surface area (Å²) in [5, 5.41) is 2.91. The molecule has 1 saturated heterocycles. The Morgan fingerprint density at radius 1 is 1.55 bits per heavy atom. The molecule has 5 heteroatoms. The summed E-state index contributed by atoms with van der Waals surface area (Å²) in [6, 6.07) is 2.32. The van der Waals surface area contributed by atoms with Gasteiger partial charge in [-0.1, -0.05) is 6.42 Å². The van der Waals surface area contributed by atoms with E-state index in [4.69, 9.17) is 5.73 Å². The van der Waals surface area contributed by atoms with Gasteiger partial charge in [0, 0.05) is 37.2 Å². The van der Waals surface area contributed by atoms with E-state index in [2.05, 4.69) is 22.1 Å². The molecule has 1 amide bonds. The first-order chi connectivity index (χ1) is 9.68. The summed E-state index contributed by atoms with van der Waals surface area (Å²) in [6.07, 6.45) is 7.99. The highest BCUT2D eigenvalue weighted by Crippen LogP contribution is 2.16. The molecule has 0 radical (unpaired) electrons.